The van der Waals surface area contributed by atoms with E-state index in [1.54, 1.807) is 0 Å². The molecule has 4 nitrogen and oxygen atoms in total. The van der Waals surface area contributed by atoms with E-state index in [9.17, 15) is 4.79 Å². The fourth-order valence-corrected chi connectivity index (χ4v) is 2.82. The zero-order valence-corrected chi connectivity index (χ0v) is 11.6. The average Bonchev–Trinajstić information content (AvgIpc) is 2.36. The maximum absolute atomic E-state index is 11.7. The molecule has 3 N–H and O–H groups in total. The molecule has 0 heterocycles. The summed E-state index contributed by atoms with van der Waals surface area (Å²) in [6.07, 6.45) is 5.06. The lowest BCUT2D eigenvalue weighted by Gasteiger charge is -2.43. The number of primary amides is 1. The SMILES string of the molecule is CCC(C)N(C)C1CCCC(NC)(C(N)=O)C1. The fraction of sp³-hybridized carbons (Fsp3) is 0.923. The highest BCUT2D eigenvalue weighted by molar-refractivity contribution is 5.84. The summed E-state index contributed by atoms with van der Waals surface area (Å²) in [6, 6.07) is 1.01. The van der Waals surface area contributed by atoms with Crippen molar-refractivity contribution in [1.29, 1.82) is 0 Å². The first-order valence-electron chi connectivity index (χ1n) is 6.67. The number of nitrogens with zero attached hydrogens (tertiary/aromatic N) is 1. The van der Waals surface area contributed by atoms with Crippen LogP contribution < -0.4 is 11.1 Å². The predicted molar refractivity (Wildman–Crippen MR) is 70.8 cm³/mol. The number of hydrogen-bond donors (Lipinski definition) is 2. The summed E-state index contributed by atoms with van der Waals surface area (Å²) < 4.78 is 0. The minimum atomic E-state index is -0.495. The number of nitrogens with one attached hydrogen (secondary N) is 1. The van der Waals surface area contributed by atoms with E-state index in [1.165, 1.54) is 0 Å². The third kappa shape index (κ3) is 2.99. The molecule has 1 aliphatic carbocycles. The molecule has 3 atom stereocenters. The Kier molecular flexibility index (Phi) is 4.95. The van der Waals surface area contributed by atoms with Crippen molar-refractivity contribution in [3.8, 4) is 0 Å². The summed E-state index contributed by atoms with van der Waals surface area (Å²) >= 11 is 0. The van der Waals surface area contributed by atoms with Crippen molar-refractivity contribution in [3.05, 3.63) is 0 Å². The van der Waals surface area contributed by atoms with E-state index in [4.69, 9.17) is 5.73 Å². The van der Waals surface area contributed by atoms with Crippen molar-refractivity contribution in [2.45, 2.75) is 63.6 Å². The third-order valence-electron chi connectivity index (χ3n) is 4.54. The molecule has 1 aliphatic rings. The van der Waals surface area contributed by atoms with Crippen LogP contribution in [0.3, 0.4) is 0 Å². The standard InChI is InChI=1S/C13H27N3O/c1-5-10(2)16(4)11-7-6-8-13(9-11,15-3)12(14)17/h10-11,15H,5-9H2,1-4H3,(H2,14,17). The Labute approximate surface area is 105 Å². The van der Waals surface area contributed by atoms with E-state index in [0.717, 1.165) is 32.1 Å². The van der Waals surface area contributed by atoms with E-state index >= 15 is 0 Å². The van der Waals surface area contributed by atoms with Gasteiger partial charge in [0.2, 0.25) is 5.91 Å². The number of carbonyl (C=O) groups is 1. The molecule has 0 bridgehead atoms. The van der Waals surface area contributed by atoms with Crippen molar-refractivity contribution in [3.63, 3.8) is 0 Å². The van der Waals surface area contributed by atoms with Crippen molar-refractivity contribution in [2.75, 3.05) is 14.1 Å². The third-order valence-corrected chi connectivity index (χ3v) is 4.54. The Bertz CT molecular complexity index is 269. The molecule has 0 spiro atoms. The summed E-state index contributed by atoms with van der Waals surface area (Å²) in [6.45, 7) is 4.43. The molecule has 0 aromatic carbocycles. The molecule has 0 saturated heterocycles. The van der Waals surface area contributed by atoms with E-state index in [1.807, 2.05) is 7.05 Å². The number of carbonyl (C=O) groups excluding carboxylic acids is 1. The van der Waals surface area contributed by atoms with Crippen LogP contribution >= 0.6 is 0 Å². The van der Waals surface area contributed by atoms with Crippen LogP contribution in [-0.2, 0) is 4.79 Å². The molecule has 3 unspecified atom stereocenters. The van der Waals surface area contributed by atoms with Crippen molar-refractivity contribution in [1.82, 2.24) is 10.2 Å². The molecule has 0 aromatic rings. The average molecular weight is 241 g/mol. The second-order valence-electron chi connectivity index (χ2n) is 5.37. The Morgan fingerprint density at radius 1 is 1.65 bits per heavy atom. The van der Waals surface area contributed by atoms with Crippen molar-refractivity contribution < 1.29 is 4.79 Å². The molecule has 0 aromatic heterocycles. The van der Waals surface area contributed by atoms with Gasteiger partial charge in [-0.3, -0.25) is 4.79 Å². The van der Waals surface area contributed by atoms with E-state index in [2.05, 4.69) is 31.1 Å². The molecule has 1 amide bonds. The smallest absolute Gasteiger partial charge is 0.237 e. The lowest BCUT2D eigenvalue weighted by atomic mass is 9.77. The van der Waals surface area contributed by atoms with Crippen LogP contribution in [0.5, 0.6) is 0 Å². The van der Waals surface area contributed by atoms with Crippen LogP contribution in [0.1, 0.15) is 46.0 Å². The molecule has 0 aliphatic heterocycles. The first-order valence-corrected chi connectivity index (χ1v) is 6.67. The quantitative estimate of drug-likeness (QED) is 0.758. The predicted octanol–water partition coefficient (Wildman–Crippen LogP) is 1.10. The summed E-state index contributed by atoms with van der Waals surface area (Å²) in [4.78, 5) is 14.1. The van der Waals surface area contributed by atoms with Gasteiger partial charge in [-0.25, -0.2) is 0 Å². The maximum Gasteiger partial charge on any atom is 0.237 e. The van der Waals surface area contributed by atoms with Gasteiger partial charge in [0, 0.05) is 12.1 Å². The molecular weight excluding hydrogens is 214 g/mol. The largest absolute Gasteiger partial charge is 0.368 e. The number of likely N-dealkylation sites (N-methyl/N-ethyl adjacent to an activating group) is 1. The lowest BCUT2D eigenvalue weighted by molar-refractivity contribution is -0.126. The molecular formula is C13H27N3O. The minimum Gasteiger partial charge on any atom is -0.368 e. The monoisotopic (exact) mass is 241 g/mol. The first-order chi connectivity index (χ1) is 7.96. The van der Waals surface area contributed by atoms with E-state index in [-0.39, 0.29) is 5.91 Å². The molecule has 1 saturated carbocycles. The van der Waals surface area contributed by atoms with E-state index < -0.39 is 5.54 Å². The Morgan fingerprint density at radius 2 is 2.29 bits per heavy atom. The minimum absolute atomic E-state index is 0.206. The summed E-state index contributed by atoms with van der Waals surface area (Å²) in [7, 11) is 4.00. The molecule has 100 valence electrons. The van der Waals surface area contributed by atoms with Crippen LogP contribution in [0, 0.1) is 0 Å². The van der Waals surface area contributed by atoms with Crippen LogP contribution in [0.15, 0.2) is 0 Å². The summed E-state index contributed by atoms with van der Waals surface area (Å²) in [5.74, 6) is -0.206. The molecule has 1 fully saturated rings. The lowest BCUT2D eigenvalue weighted by Crippen LogP contribution is -2.59. The summed E-state index contributed by atoms with van der Waals surface area (Å²) in [5, 5.41) is 3.16. The van der Waals surface area contributed by atoms with Gasteiger partial charge in [0.25, 0.3) is 0 Å². The zero-order valence-electron chi connectivity index (χ0n) is 11.6. The molecule has 17 heavy (non-hydrogen) atoms. The Hall–Kier alpha value is -0.610. The van der Waals surface area contributed by atoms with Gasteiger partial charge >= 0.3 is 0 Å². The van der Waals surface area contributed by atoms with Gasteiger partial charge in [-0.1, -0.05) is 6.92 Å². The Balaban J connectivity index is 2.74. The number of hydrogen-bond acceptors (Lipinski definition) is 3. The van der Waals surface area contributed by atoms with Crippen LogP contribution in [-0.4, -0.2) is 42.5 Å². The zero-order chi connectivity index (χ0) is 13.1. The molecule has 1 rings (SSSR count). The van der Waals surface area contributed by atoms with Gasteiger partial charge in [-0.15, -0.1) is 0 Å². The van der Waals surface area contributed by atoms with Gasteiger partial charge in [0.05, 0.1) is 5.54 Å². The van der Waals surface area contributed by atoms with Crippen molar-refractivity contribution in [2.24, 2.45) is 5.73 Å². The van der Waals surface area contributed by atoms with Gasteiger partial charge in [-0.2, -0.15) is 0 Å². The molecule has 0 radical (unpaired) electrons. The maximum atomic E-state index is 11.7. The topological polar surface area (TPSA) is 58.4 Å². The highest BCUT2D eigenvalue weighted by atomic mass is 16.1. The normalized spacial score (nSPS) is 31.5. The number of nitrogens with two attached hydrogens (primary N) is 1. The highest BCUT2D eigenvalue weighted by Crippen LogP contribution is 2.31. The second kappa shape index (κ2) is 5.83. The van der Waals surface area contributed by atoms with Crippen LogP contribution in [0.4, 0.5) is 0 Å². The van der Waals surface area contributed by atoms with Gasteiger partial charge in [0.15, 0.2) is 0 Å². The first kappa shape index (κ1) is 14.5. The van der Waals surface area contributed by atoms with Gasteiger partial charge < -0.3 is 16.0 Å². The van der Waals surface area contributed by atoms with E-state index in [0.29, 0.717) is 12.1 Å². The number of amides is 1. The highest BCUT2D eigenvalue weighted by Gasteiger charge is 2.41. The van der Waals surface area contributed by atoms with Gasteiger partial charge in [-0.05, 0) is 53.1 Å². The second-order valence-corrected chi connectivity index (χ2v) is 5.37. The van der Waals surface area contributed by atoms with Crippen LogP contribution in [0.25, 0.3) is 0 Å². The van der Waals surface area contributed by atoms with Crippen LogP contribution in [0.2, 0.25) is 0 Å². The Morgan fingerprint density at radius 3 is 2.76 bits per heavy atom. The molecule has 4 heteroatoms. The fourth-order valence-electron chi connectivity index (χ4n) is 2.82. The number of rotatable bonds is 5. The van der Waals surface area contributed by atoms with Crippen molar-refractivity contribution >= 4 is 5.91 Å². The summed E-state index contributed by atoms with van der Waals surface area (Å²) in [5.41, 5.74) is 5.07. The van der Waals surface area contributed by atoms with Gasteiger partial charge in [0.1, 0.15) is 0 Å².